The van der Waals surface area contributed by atoms with Crippen molar-refractivity contribution in [1.82, 2.24) is 9.88 Å². The lowest BCUT2D eigenvalue weighted by Gasteiger charge is -2.30. The van der Waals surface area contributed by atoms with E-state index in [1.165, 1.54) is 12.3 Å². The summed E-state index contributed by atoms with van der Waals surface area (Å²) in [5.41, 5.74) is 0.159. The molecule has 2 fully saturated rings. The molecule has 2 aromatic rings. The molecule has 4 atom stereocenters. The molecule has 2 aliphatic rings. The molecule has 0 spiro atoms. The molecule has 13 nitrogen and oxygen atoms in total. The van der Waals surface area contributed by atoms with Crippen molar-refractivity contribution < 1.29 is 49.7 Å². The third kappa shape index (κ3) is 6.41. The number of hydrogen-bond donors (Lipinski definition) is 8. The average molecular weight is 528 g/mol. The van der Waals surface area contributed by atoms with Crippen LogP contribution >= 0.6 is 0 Å². The number of piperazine rings is 1. The van der Waals surface area contributed by atoms with Crippen molar-refractivity contribution in [3.05, 3.63) is 39.9 Å². The molecule has 1 aliphatic carbocycles. The van der Waals surface area contributed by atoms with Crippen LogP contribution in [0.5, 0.6) is 0 Å². The minimum absolute atomic E-state index is 0.137. The molecular weight excluding hydrogens is 497 g/mol. The number of anilines is 1. The maximum absolute atomic E-state index is 14.6. The van der Waals surface area contributed by atoms with E-state index in [0.717, 1.165) is 25.9 Å². The molecule has 37 heavy (non-hydrogen) atoms. The Morgan fingerprint density at radius 2 is 1.68 bits per heavy atom. The van der Waals surface area contributed by atoms with Gasteiger partial charge >= 0.3 is 11.9 Å². The molecule has 1 aromatic heterocycles. The van der Waals surface area contributed by atoms with Crippen molar-refractivity contribution in [3.63, 3.8) is 0 Å². The minimum atomic E-state index is -2.20. The molecule has 204 valence electrons. The van der Waals surface area contributed by atoms with Gasteiger partial charge in [-0.15, -0.1) is 0 Å². The van der Waals surface area contributed by atoms with Crippen LogP contribution in [0.3, 0.4) is 0 Å². The van der Waals surface area contributed by atoms with Gasteiger partial charge in [0, 0.05) is 43.8 Å². The van der Waals surface area contributed by atoms with Gasteiger partial charge in [0.25, 0.3) is 0 Å². The summed E-state index contributed by atoms with van der Waals surface area (Å²) >= 11 is 0. The van der Waals surface area contributed by atoms with Crippen molar-refractivity contribution in [2.45, 2.75) is 43.3 Å². The molecule has 1 saturated carbocycles. The summed E-state index contributed by atoms with van der Waals surface area (Å²) in [6.07, 6.45) is -4.55. The number of aromatic carboxylic acids is 1. The maximum atomic E-state index is 14.6. The predicted molar refractivity (Wildman–Crippen MR) is 127 cm³/mol. The number of hydrogen-bond acceptors (Lipinski definition) is 10. The zero-order chi connectivity index (χ0) is 27.4. The van der Waals surface area contributed by atoms with Gasteiger partial charge in [0.15, 0.2) is 6.10 Å². The summed E-state index contributed by atoms with van der Waals surface area (Å²) in [4.78, 5) is 35.8. The number of aliphatic hydroxyl groups is 5. The summed E-state index contributed by atoms with van der Waals surface area (Å²) in [7, 11) is 0. The Morgan fingerprint density at radius 3 is 2.19 bits per heavy atom. The van der Waals surface area contributed by atoms with Crippen molar-refractivity contribution in [2.75, 3.05) is 37.7 Å². The van der Waals surface area contributed by atoms with Crippen molar-refractivity contribution in [1.29, 1.82) is 0 Å². The Kier molecular flexibility index (Phi) is 9.17. The van der Waals surface area contributed by atoms with E-state index in [-0.39, 0.29) is 17.0 Å². The van der Waals surface area contributed by atoms with Gasteiger partial charge in [0.2, 0.25) is 5.43 Å². The number of carbonyl (C=O) groups is 2. The van der Waals surface area contributed by atoms with E-state index in [1.54, 1.807) is 6.07 Å². The third-order valence-electron chi connectivity index (χ3n) is 6.24. The maximum Gasteiger partial charge on any atom is 0.341 e. The van der Waals surface area contributed by atoms with Crippen molar-refractivity contribution >= 4 is 28.5 Å². The third-order valence-corrected chi connectivity index (χ3v) is 6.24. The van der Waals surface area contributed by atoms with Gasteiger partial charge in [0.1, 0.15) is 29.7 Å². The smallest absolute Gasteiger partial charge is 0.341 e. The average Bonchev–Trinajstić information content (AvgIpc) is 3.73. The fraction of sp³-hybridized carbons (Fsp3) is 0.522. The van der Waals surface area contributed by atoms with E-state index < -0.39 is 54.2 Å². The lowest BCUT2D eigenvalue weighted by molar-refractivity contribution is -0.164. The van der Waals surface area contributed by atoms with Crippen LogP contribution in [-0.2, 0) is 4.79 Å². The second-order valence-corrected chi connectivity index (χ2v) is 8.89. The van der Waals surface area contributed by atoms with Crippen LogP contribution in [0.1, 0.15) is 29.2 Å². The van der Waals surface area contributed by atoms with Crippen LogP contribution in [0.2, 0.25) is 0 Å². The lowest BCUT2D eigenvalue weighted by Crippen LogP contribution is -2.48. The van der Waals surface area contributed by atoms with Gasteiger partial charge in [-0.1, -0.05) is 0 Å². The highest BCUT2D eigenvalue weighted by molar-refractivity contribution is 5.93. The number of aliphatic hydroxyl groups excluding tert-OH is 5. The standard InChI is InChI=1S/C17H18FN3O3.C6H12O7/c18-13-7-11-14(8-15(13)20-5-3-19-4-6-20)21(10-1-2-10)9-12(16(11)22)17(23)24;7-1-2(8)3(9)4(10)5(11)6(12)13/h7-10,19H,1-6H2,(H,23,24);2-5,7-11H,1H2,(H,12,13)/t;2-,3-,4+,5-/m.1/s1. The number of aromatic nitrogens is 1. The number of pyridine rings is 1. The number of carboxylic acid groups (broad SMARTS) is 2. The van der Waals surface area contributed by atoms with Gasteiger partial charge in [0.05, 0.1) is 17.8 Å². The molecule has 0 bridgehead atoms. The first-order chi connectivity index (χ1) is 17.5. The fourth-order valence-electron chi connectivity index (χ4n) is 3.98. The molecule has 1 aromatic carbocycles. The molecule has 8 N–H and O–H groups in total. The van der Waals surface area contributed by atoms with Crippen LogP contribution < -0.4 is 15.6 Å². The normalized spacial score (nSPS) is 18.9. The van der Waals surface area contributed by atoms with E-state index in [0.29, 0.717) is 24.3 Å². The molecule has 14 heteroatoms. The highest BCUT2D eigenvalue weighted by Crippen LogP contribution is 2.38. The molecule has 1 saturated heterocycles. The van der Waals surface area contributed by atoms with Gasteiger partial charge < -0.3 is 50.5 Å². The summed E-state index contributed by atoms with van der Waals surface area (Å²) in [5, 5.41) is 64.4. The van der Waals surface area contributed by atoms with E-state index >= 15 is 0 Å². The lowest BCUT2D eigenvalue weighted by atomic mass is 10.0. The molecule has 0 unspecified atom stereocenters. The van der Waals surface area contributed by atoms with Gasteiger partial charge in [-0.2, -0.15) is 0 Å². The molecule has 4 rings (SSSR count). The summed E-state index contributed by atoms with van der Waals surface area (Å²) in [6, 6.07) is 3.08. The van der Waals surface area contributed by atoms with E-state index in [1.807, 2.05) is 9.47 Å². The summed E-state index contributed by atoms with van der Waals surface area (Å²) in [5.74, 6) is -3.48. The Hall–Kier alpha value is -3.14. The minimum Gasteiger partial charge on any atom is -0.479 e. The van der Waals surface area contributed by atoms with E-state index in [2.05, 4.69) is 5.32 Å². The molecule has 0 amide bonds. The molecular formula is C23H30FN3O10. The van der Waals surface area contributed by atoms with Crippen molar-refractivity contribution in [3.8, 4) is 0 Å². The van der Waals surface area contributed by atoms with Crippen LogP contribution in [-0.4, -0.2) is 109 Å². The van der Waals surface area contributed by atoms with Gasteiger partial charge in [-0.25, -0.2) is 14.0 Å². The Labute approximate surface area is 209 Å². The zero-order valence-corrected chi connectivity index (χ0v) is 19.7. The van der Waals surface area contributed by atoms with Crippen LogP contribution in [0.25, 0.3) is 10.9 Å². The van der Waals surface area contributed by atoms with Gasteiger partial charge in [-0.05, 0) is 25.0 Å². The Morgan fingerprint density at radius 1 is 1.05 bits per heavy atom. The fourth-order valence-corrected chi connectivity index (χ4v) is 3.98. The monoisotopic (exact) mass is 527 g/mol. The van der Waals surface area contributed by atoms with Gasteiger partial charge in [-0.3, -0.25) is 4.79 Å². The molecule has 1 aliphatic heterocycles. The number of nitrogens with one attached hydrogen (secondary N) is 1. The quantitative estimate of drug-likeness (QED) is 0.189. The number of carboxylic acids is 2. The Bertz CT molecular complexity index is 1200. The number of rotatable bonds is 8. The SMILES string of the molecule is O=C(O)[C@H](O)[C@@H](O)[C@H](O)[C@H](O)CO.O=C(O)c1cn(C2CC2)c2cc(N3CCNCC3)c(F)cc2c1=O. The zero-order valence-electron chi connectivity index (χ0n) is 19.7. The first-order valence-corrected chi connectivity index (χ1v) is 11.6. The first-order valence-electron chi connectivity index (χ1n) is 11.6. The number of fused-ring (bicyclic) bond motifs is 1. The van der Waals surface area contributed by atoms with Crippen LogP contribution in [0, 0.1) is 5.82 Å². The highest BCUT2D eigenvalue weighted by Gasteiger charge is 2.34. The van der Waals surface area contributed by atoms with Crippen molar-refractivity contribution in [2.24, 2.45) is 0 Å². The van der Waals surface area contributed by atoms with Crippen LogP contribution in [0.15, 0.2) is 23.1 Å². The molecule has 0 radical (unpaired) electrons. The Balaban J connectivity index is 0.000000251. The summed E-state index contributed by atoms with van der Waals surface area (Å²) < 4.78 is 16.4. The van der Waals surface area contributed by atoms with E-state index in [9.17, 15) is 23.9 Å². The second-order valence-electron chi connectivity index (χ2n) is 8.89. The highest BCUT2D eigenvalue weighted by atomic mass is 19.1. The number of benzene rings is 1. The molecule has 2 heterocycles. The number of halogens is 1. The van der Waals surface area contributed by atoms with Crippen LogP contribution in [0.4, 0.5) is 10.1 Å². The topological polar surface area (TPSA) is 213 Å². The first kappa shape index (κ1) is 28.4. The largest absolute Gasteiger partial charge is 0.479 e. The second kappa shape index (κ2) is 11.9. The number of nitrogens with zero attached hydrogens (tertiary/aromatic N) is 2. The predicted octanol–water partition coefficient (Wildman–Crippen LogP) is -1.91. The number of aliphatic carboxylic acids is 1. The summed E-state index contributed by atoms with van der Waals surface area (Å²) in [6.45, 7) is 2.12. The van der Waals surface area contributed by atoms with E-state index in [4.69, 9.17) is 30.6 Å².